The minimum Gasteiger partial charge on any atom is -0.370 e. The monoisotopic (exact) mass is 1070 g/mol. The fourth-order valence-electron chi connectivity index (χ4n) is 7.54. The molecule has 0 aliphatic rings. The third-order valence-electron chi connectivity index (χ3n) is 11.9. The van der Waals surface area contributed by atoms with Crippen LogP contribution in [0.5, 0.6) is 0 Å². The molecular formula is C48H82N20O8. The molecule has 0 spiro atoms. The Kier molecular flexibility index (Phi) is 28.4. The van der Waals surface area contributed by atoms with Gasteiger partial charge in [-0.1, -0.05) is 64.4 Å². The SMILES string of the molecule is CC[C@H](C)[C@H](NC(=O)[C@H](CC(C)C)NC(=O)[C@H](CCCN=C(N)N)NC(=O)[C@H](CCCN=C(N)N)NC(=O)[C@H](CCCN=C(N)N)NC(=O)[C@H](C)NC(=O)[C@@H](N)Cc1cnc[nH]1)C(=O)N[C@@H](Cc1ccccc1)C(N)=O. The van der Waals surface area contributed by atoms with Crippen LogP contribution >= 0.6 is 0 Å². The number of benzene rings is 1. The van der Waals surface area contributed by atoms with Gasteiger partial charge < -0.3 is 88.1 Å². The quantitative estimate of drug-likeness (QED) is 0.0176. The zero-order chi connectivity index (χ0) is 56.9. The Morgan fingerprint density at radius 3 is 1.42 bits per heavy atom. The van der Waals surface area contributed by atoms with E-state index in [1.54, 1.807) is 37.3 Å². The number of carbonyl (C=O) groups is 8. The zero-order valence-electron chi connectivity index (χ0n) is 44.2. The number of imidazole rings is 1. The second-order valence-electron chi connectivity index (χ2n) is 18.9. The molecule has 2 rings (SSSR count). The summed E-state index contributed by atoms with van der Waals surface area (Å²) in [6.07, 6.45) is 3.99. The second-order valence-corrected chi connectivity index (χ2v) is 18.9. The number of guanidine groups is 3. The Morgan fingerprint density at radius 2 is 1.00 bits per heavy atom. The maximum Gasteiger partial charge on any atom is 0.243 e. The minimum absolute atomic E-state index is 0.0369. The molecule has 24 N–H and O–H groups in total. The van der Waals surface area contributed by atoms with E-state index in [4.69, 9.17) is 45.9 Å². The number of nitrogens with zero attached hydrogens (tertiary/aromatic N) is 4. The molecule has 0 aliphatic heterocycles. The molecule has 0 unspecified atom stereocenters. The van der Waals surface area contributed by atoms with Gasteiger partial charge in [0.05, 0.1) is 12.4 Å². The zero-order valence-corrected chi connectivity index (χ0v) is 44.2. The van der Waals surface area contributed by atoms with Crippen molar-refractivity contribution in [1.82, 2.24) is 47.2 Å². The smallest absolute Gasteiger partial charge is 0.243 e. The maximum atomic E-state index is 14.4. The van der Waals surface area contributed by atoms with Crippen molar-refractivity contribution in [2.45, 2.75) is 147 Å². The molecule has 2 aromatic rings. The molecule has 9 atom stereocenters. The number of nitrogens with two attached hydrogens (primary N) is 8. The summed E-state index contributed by atoms with van der Waals surface area (Å²) in [6.45, 7) is 8.78. The van der Waals surface area contributed by atoms with Crippen molar-refractivity contribution in [3.63, 3.8) is 0 Å². The maximum absolute atomic E-state index is 14.4. The first-order valence-electron chi connectivity index (χ1n) is 25.3. The van der Waals surface area contributed by atoms with Crippen molar-refractivity contribution in [3.05, 3.63) is 54.1 Å². The molecule has 28 heteroatoms. The van der Waals surface area contributed by atoms with E-state index in [1.165, 1.54) is 19.4 Å². The number of hydrogen-bond donors (Lipinski definition) is 16. The lowest BCUT2D eigenvalue weighted by molar-refractivity contribution is -0.136. The van der Waals surface area contributed by atoms with Crippen LogP contribution in [-0.2, 0) is 51.2 Å². The number of aliphatic imine (C=N–C) groups is 3. The topological polar surface area (TPSA) is 495 Å². The van der Waals surface area contributed by atoms with Crippen molar-refractivity contribution < 1.29 is 38.4 Å². The van der Waals surface area contributed by atoms with E-state index in [9.17, 15) is 38.4 Å². The van der Waals surface area contributed by atoms with Gasteiger partial charge in [0.15, 0.2) is 17.9 Å². The number of aromatic amines is 1. The Labute approximate surface area is 443 Å². The fraction of sp³-hybridized carbons (Fsp3) is 0.583. The third-order valence-corrected chi connectivity index (χ3v) is 11.9. The molecule has 1 aromatic heterocycles. The molecule has 0 saturated heterocycles. The van der Waals surface area contributed by atoms with E-state index < -0.39 is 102 Å². The molecule has 0 radical (unpaired) electrons. The molecule has 0 aliphatic carbocycles. The molecule has 0 fully saturated rings. The van der Waals surface area contributed by atoms with Crippen LogP contribution in [-0.4, -0.2) is 143 Å². The van der Waals surface area contributed by atoms with Gasteiger partial charge in [0.25, 0.3) is 0 Å². The highest BCUT2D eigenvalue weighted by Gasteiger charge is 2.35. The van der Waals surface area contributed by atoms with Gasteiger partial charge in [-0.15, -0.1) is 0 Å². The largest absolute Gasteiger partial charge is 0.370 e. The van der Waals surface area contributed by atoms with Crippen LogP contribution in [0.4, 0.5) is 0 Å². The van der Waals surface area contributed by atoms with E-state index in [0.717, 1.165) is 5.56 Å². The Bertz CT molecular complexity index is 2270. The summed E-state index contributed by atoms with van der Waals surface area (Å²) in [5.74, 6) is -7.26. The number of amides is 8. The second kappa shape index (κ2) is 33.7. The predicted molar refractivity (Wildman–Crippen MR) is 287 cm³/mol. The number of nitrogens with one attached hydrogen (secondary N) is 8. The third kappa shape index (κ3) is 24.8. The average Bonchev–Trinajstić information content (AvgIpc) is 3.87. The number of carbonyl (C=O) groups excluding carboxylic acids is 8. The molecule has 28 nitrogen and oxygen atoms in total. The summed E-state index contributed by atoms with van der Waals surface area (Å²) in [6, 6.07) is -0.812. The Balaban J connectivity index is 2.46. The van der Waals surface area contributed by atoms with Crippen LogP contribution in [0.15, 0.2) is 57.8 Å². The van der Waals surface area contributed by atoms with Gasteiger partial charge in [-0.2, -0.15) is 0 Å². The van der Waals surface area contributed by atoms with Crippen molar-refractivity contribution in [2.75, 3.05) is 19.6 Å². The van der Waals surface area contributed by atoms with Crippen LogP contribution < -0.4 is 83.1 Å². The standard InChI is InChI=1S/C48H82N20O8/c1-6-27(4)37(45(76)66-35(38(50)69)22-29-13-8-7-9-14-29)68-44(75)36(21-26(2)3)67-43(74)34(17-12-20-60-48(55)56)65-42(73)33(16-11-19-59-47(53)54)64-41(72)32(15-10-18-58-46(51)52)63-39(70)28(5)62-40(71)31(49)23-30-24-57-25-61-30/h7-9,13-14,24-28,31-37H,6,10-12,15-23,49H2,1-5H3,(H2,50,69)(H,57,61)(H,62,71)(H,63,70)(H,64,72)(H,65,73)(H,66,76)(H,67,74)(H,68,75)(H4,51,52,58)(H4,53,54,59)(H4,55,56,60)/t27-,28-,31-,32-,33-,34-,35-,36-,37-/m0/s1. The summed E-state index contributed by atoms with van der Waals surface area (Å²) in [7, 11) is 0. The van der Waals surface area contributed by atoms with E-state index in [1.807, 2.05) is 20.8 Å². The molecule has 76 heavy (non-hydrogen) atoms. The normalized spacial score (nSPS) is 14.5. The first-order valence-corrected chi connectivity index (χ1v) is 25.3. The van der Waals surface area contributed by atoms with Gasteiger partial charge in [0.1, 0.15) is 42.3 Å². The summed E-state index contributed by atoms with van der Waals surface area (Å²) >= 11 is 0. The van der Waals surface area contributed by atoms with Crippen LogP contribution in [0.2, 0.25) is 0 Å². The highest BCUT2D eigenvalue weighted by molar-refractivity contribution is 5.98. The molecular weight excluding hydrogens is 985 g/mol. The summed E-state index contributed by atoms with van der Waals surface area (Å²) in [5, 5.41) is 18.8. The van der Waals surface area contributed by atoms with Gasteiger partial charge in [-0.3, -0.25) is 53.3 Å². The van der Waals surface area contributed by atoms with E-state index in [-0.39, 0.29) is 101 Å². The molecule has 1 aromatic carbocycles. The number of rotatable bonds is 35. The van der Waals surface area contributed by atoms with Crippen LogP contribution in [0, 0.1) is 11.8 Å². The Morgan fingerprint density at radius 1 is 0.553 bits per heavy atom. The molecule has 8 amide bonds. The lowest BCUT2D eigenvalue weighted by Crippen LogP contribution is -2.61. The van der Waals surface area contributed by atoms with Gasteiger partial charge >= 0.3 is 0 Å². The summed E-state index contributed by atoms with van der Waals surface area (Å²) in [5.41, 5.74) is 46.3. The highest BCUT2D eigenvalue weighted by atomic mass is 16.2. The summed E-state index contributed by atoms with van der Waals surface area (Å²) in [4.78, 5) is 129. The molecule has 1 heterocycles. The number of primary amides is 1. The van der Waals surface area contributed by atoms with E-state index in [0.29, 0.717) is 12.1 Å². The van der Waals surface area contributed by atoms with Crippen molar-refractivity contribution in [2.24, 2.45) is 72.7 Å². The van der Waals surface area contributed by atoms with Crippen LogP contribution in [0.3, 0.4) is 0 Å². The van der Waals surface area contributed by atoms with Crippen LogP contribution in [0.25, 0.3) is 0 Å². The number of H-pyrrole nitrogens is 1. The van der Waals surface area contributed by atoms with Crippen LogP contribution in [0.1, 0.15) is 97.2 Å². The fourth-order valence-corrected chi connectivity index (χ4v) is 7.54. The summed E-state index contributed by atoms with van der Waals surface area (Å²) < 4.78 is 0. The van der Waals surface area contributed by atoms with E-state index >= 15 is 0 Å². The number of hydrogen-bond acceptors (Lipinski definition) is 13. The Hall–Kier alpha value is -8.04. The van der Waals surface area contributed by atoms with Gasteiger partial charge in [-0.05, 0) is 69.3 Å². The number of aromatic nitrogens is 2. The first kappa shape index (κ1) is 64.1. The molecule has 0 bridgehead atoms. The highest BCUT2D eigenvalue weighted by Crippen LogP contribution is 2.14. The first-order chi connectivity index (χ1) is 35.9. The van der Waals surface area contributed by atoms with Gasteiger partial charge in [0.2, 0.25) is 47.3 Å². The lowest BCUT2D eigenvalue weighted by Gasteiger charge is -2.29. The van der Waals surface area contributed by atoms with Gasteiger partial charge in [-0.25, -0.2) is 4.98 Å². The molecule has 422 valence electrons. The minimum atomic E-state index is -1.37. The van der Waals surface area contributed by atoms with Crippen molar-refractivity contribution in [3.8, 4) is 0 Å². The van der Waals surface area contributed by atoms with Gasteiger partial charge in [0, 0.05) is 44.4 Å². The van der Waals surface area contributed by atoms with E-state index in [2.05, 4.69) is 62.2 Å². The average molecular weight is 1070 g/mol. The molecule has 0 saturated carbocycles. The predicted octanol–water partition coefficient (Wildman–Crippen LogP) is -4.33. The van der Waals surface area contributed by atoms with Crippen molar-refractivity contribution in [1.29, 1.82) is 0 Å². The lowest BCUT2D eigenvalue weighted by atomic mass is 9.95. The van der Waals surface area contributed by atoms with Crippen molar-refractivity contribution >= 4 is 65.1 Å².